The Morgan fingerprint density at radius 3 is 1.26 bits per heavy atom. The monoisotopic (exact) mass is 624 g/mol. The van der Waals surface area contributed by atoms with Gasteiger partial charge in [-0.2, -0.15) is 0 Å². The number of imidazole rings is 2. The van der Waals surface area contributed by atoms with Crippen molar-refractivity contribution in [2.75, 3.05) is 0 Å². The molecule has 0 spiro atoms. The summed E-state index contributed by atoms with van der Waals surface area (Å²) in [6.07, 6.45) is 0. The van der Waals surface area contributed by atoms with Crippen molar-refractivity contribution in [2.45, 2.75) is 13.8 Å². The van der Waals surface area contributed by atoms with Crippen LogP contribution in [0.1, 0.15) is 11.1 Å². The molecular weight excluding hydrogens is 596 g/mol. The average molecular weight is 625 g/mol. The minimum atomic E-state index is 0.700. The average Bonchev–Trinajstić information content (AvgIpc) is 3.82. The Labute approximate surface area is 275 Å². The van der Waals surface area contributed by atoms with Gasteiger partial charge in [0.2, 0.25) is 0 Å². The first kappa shape index (κ1) is 26.5. The Balaban J connectivity index is 1.41. The third-order valence-corrected chi connectivity index (χ3v) is 10.4. The molecule has 0 amide bonds. The van der Waals surface area contributed by atoms with Gasteiger partial charge in [0.15, 0.2) is 0 Å². The van der Waals surface area contributed by atoms with Crippen molar-refractivity contribution in [3.05, 3.63) is 156 Å². The second-order valence-corrected chi connectivity index (χ2v) is 12.8. The van der Waals surface area contributed by atoms with Gasteiger partial charge < -0.3 is 0 Å². The number of fused-ring (bicyclic) bond motifs is 10. The molecule has 0 N–H and O–H groups in total. The lowest BCUT2D eigenvalue weighted by Gasteiger charge is -2.18. The SMILES string of the molecule is Cc1c2ccccc2n2c3ccccc3n(-c3cc(-c4ccccc4)cc(-n4c5ccccc5n5c6ccccc6c(C)c45)c3Cl)c12. The molecule has 4 heterocycles. The van der Waals surface area contributed by atoms with E-state index in [0.717, 1.165) is 55.9 Å². The zero-order valence-electron chi connectivity index (χ0n) is 25.9. The molecule has 10 aromatic rings. The van der Waals surface area contributed by atoms with E-state index in [9.17, 15) is 0 Å². The van der Waals surface area contributed by atoms with Crippen LogP contribution in [0.15, 0.2) is 140 Å². The van der Waals surface area contributed by atoms with Crippen molar-refractivity contribution >= 4 is 66.8 Å². The second-order valence-electron chi connectivity index (χ2n) is 12.4. The lowest BCUT2D eigenvalue weighted by molar-refractivity contribution is 1.10. The molecule has 0 bridgehead atoms. The van der Waals surface area contributed by atoms with E-state index in [1.165, 1.54) is 32.9 Å². The van der Waals surface area contributed by atoms with E-state index in [4.69, 9.17) is 11.6 Å². The van der Waals surface area contributed by atoms with Crippen LogP contribution in [0, 0.1) is 13.8 Å². The minimum Gasteiger partial charge on any atom is -0.293 e. The zero-order chi connectivity index (χ0) is 31.4. The minimum absolute atomic E-state index is 0.700. The number of nitrogens with zero attached hydrogens (tertiary/aromatic N) is 4. The molecule has 6 aromatic carbocycles. The smallest absolute Gasteiger partial charge is 0.126 e. The van der Waals surface area contributed by atoms with Crippen LogP contribution in [0.3, 0.4) is 0 Å². The largest absolute Gasteiger partial charge is 0.293 e. The van der Waals surface area contributed by atoms with Crippen LogP contribution in [-0.2, 0) is 0 Å². The highest BCUT2D eigenvalue weighted by atomic mass is 35.5. The highest BCUT2D eigenvalue weighted by Gasteiger charge is 2.25. The van der Waals surface area contributed by atoms with Gasteiger partial charge in [0, 0.05) is 21.9 Å². The van der Waals surface area contributed by atoms with Crippen molar-refractivity contribution in [3.8, 4) is 22.5 Å². The molecule has 5 heteroatoms. The Bertz CT molecular complexity index is 2700. The van der Waals surface area contributed by atoms with Gasteiger partial charge in [0.25, 0.3) is 0 Å². The van der Waals surface area contributed by atoms with E-state index >= 15 is 0 Å². The normalized spacial score (nSPS) is 12.1. The van der Waals surface area contributed by atoms with Gasteiger partial charge in [-0.25, -0.2) is 0 Å². The van der Waals surface area contributed by atoms with Crippen molar-refractivity contribution < 1.29 is 0 Å². The molecule has 0 unspecified atom stereocenters. The molecule has 224 valence electrons. The molecule has 47 heavy (non-hydrogen) atoms. The lowest BCUT2D eigenvalue weighted by Crippen LogP contribution is -2.03. The number of rotatable bonds is 3. The van der Waals surface area contributed by atoms with Crippen molar-refractivity contribution in [1.82, 2.24) is 17.9 Å². The Morgan fingerprint density at radius 2 is 0.787 bits per heavy atom. The quantitative estimate of drug-likeness (QED) is 0.186. The predicted octanol–water partition coefficient (Wildman–Crippen LogP) is 11.3. The summed E-state index contributed by atoms with van der Waals surface area (Å²) >= 11 is 7.79. The van der Waals surface area contributed by atoms with Gasteiger partial charge in [-0.1, -0.05) is 103 Å². The molecule has 4 nitrogen and oxygen atoms in total. The van der Waals surface area contributed by atoms with Gasteiger partial charge >= 0.3 is 0 Å². The van der Waals surface area contributed by atoms with Gasteiger partial charge in [-0.05, 0) is 73.5 Å². The molecule has 0 fully saturated rings. The third-order valence-electron chi connectivity index (χ3n) is 9.97. The number of aryl methyl sites for hydroxylation is 2. The summed E-state index contributed by atoms with van der Waals surface area (Å²) in [4.78, 5) is 0. The van der Waals surface area contributed by atoms with Gasteiger partial charge in [0.05, 0.1) is 49.5 Å². The van der Waals surface area contributed by atoms with Crippen LogP contribution in [-0.4, -0.2) is 17.9 Å². The molecule has 0 saturated heterocycles. The number of aromatic nitrogens is 4. The molecule has 0 atom stereocenters. The molecule has 0 saturated carbocycles. The number of hydrogen-bond donors (Lipinski definition) is 0. The third kappa shape index (κ3) is 3.48. The molecule has 0 aliphatic heterocycles. The Kier molecular flexibility index (Phi) is 5.44. The van der Waals surface area contributed by atoms with E-state index in [2.05, 4.69) is 171 Å². The number of halogens is 1. The van der Waals surface area contributed by atoms with E-state index in [-0.39, 0.29) is 0 Å². The summed E-state index contributed by atoms with van der Waals surface area (Å²) in [6.45, 7) is 4.45. The Morgan fingerprint density at radius 1 is 0.404 bits per heavy atom. The lowest BCUT2D eigenvalue weighted by atomic mass is 10.0. The maximum Gasteiger partial charge on any atom is 0.126 e. The summed E-state index contributed by atoms with van der Waals surface area (Å²) < 4.78 is 9.51. The number of para-hydroxylation sites is 6. The standard InChI is InChI=1S/C42H29ClN4/c1-26-30-16-6-8-18-32(30)44-34-20-10-12-22-36(34)46(41(26)44)38-24-29(28-14-4-3-5-15-28)25-39(40(38)43)47-37-23-13-11-21-35(37)45-33-19-9-7-17-31(33)27(2)42(45)47/h3-25H,1-2H3. The van der Waals surface area contributed by atoms with Crippen molar-refractivity contribution in [3.63, 3.8) is 0 Å². The summed E-state index contributed by atoms with van der Waals surface area (Å²) in [6, 6.07) is 49.8. The van der Waals surface area contributed by atoms with Crippen molar-refractivity contribution in [1.29, 1.82) is 0 Å². The van der Waals surface area contributed by atoms with Crippen LogP contribution in [0.4, 0.5) is 0 Å². The summed E-state index contributed by atoms with van der Waals surface area (Å²) in [5, 5.41) is 3.18. The fourth-order valence-electron chi connectivity index (χ4n) is 7.92. The fraction of sp³-hybridized carbons (Fsp3) is 0.0476. The van der Waals surface area contributed by atoms with Crippen LogP contribution in [0.25, 0.3) is 77.7 Å². The topological polar surface area (TPSA) is 18.7 Å². The van der Waals surface area contributed by atoms with E-state index in [1.807, 2.05) is 0 Å². The fourth-order valence-corrected chi connectivity index (χ4v) is 8.19. The molecule has 0 radical (unpaired) electrons. The first-order valence-corrected chi connectivity index (χ1v) is 16.4. The van der Waals surface area contributed by atoms with Crippen LogP contribution < -0.4 is 0 Å². The summed E-state index contributed by atoms with van der Waals surface area (Å²) in [7, 11) is 0. The first-order chi connectivity index (χ1) is 23.1. The highest BCUT2D eigenvalue weighted by molar-refractivity contribution is 6.35. The molecule has 10 rings (SSSR count). The molecule has 4 aromatic heterocycles. The molecule has 0 aliphatic carbocycles. The molecular formula is C42H29ClN4. The van der Waals surface area contributed by atoms with E-state index < -0.39 is 0 Å². The number of benzene rings is 6. The maximum atomic E-state index is 7.79. The maximum absolute atomic E-state index is 7.79. The van der Waals surface area contributed by atoms with E-state index in [0.29, 0.717) is 5.02 Å². The van der Waals surface area contributed by atoms with Crippen LogP contribution in [0.5, 0.6) is 0 Å². The van der Waals surface area contributed by atoms with Gasteiger partial charge in [0.1, 0.15) is 11.3 Å². The summed E-state index contributed by atoms with van der Waals surface area (Å²) in [5.41, 5.74) is 15.7. The number of hydrogen-bond acceptors (Lipinski definition) is 0. The van der Waals surface area contributed by atoms with Gasteiger partial charge in [-0.3, -0.25) is 17.9 Å². The predicted molar refractivity (Wildman–Crippen MR) is 197 cm³/mol. The van der Waals surface area contributed by atoms with Crippen LogP contribution in [0.2, 0.25) is 5.02 Å². The van der Waals surface area contributed by atoms with E-state index in [1.54, 1.807) is 0 Å². The molecule has 0 aliphatic rings. The first-order valence-electron chi connectivity index (χ1n) is 16.0. The highest BCUT2D eigenvalue weighted by Crippen LogP contribution is 2.43. The zero-order valence-corrected chi connectivity index (χ0v) is 26.7. The van der Waals surface area contributed by atoms with Crippen LogP contribution >= 0.6 is 11.6 Å². The Hall–Kier alpha value is -5.71. The second kappa shape index (κ2) is 9.65. The summed E-state index contributed by atoms with van der Waals surface area (Å²) in [5.74, 6) is 0. The van der Waals surface area contributed by atoms with Crippen molar-refractivity contribution in [2.24, 2.45) is 0 Å². The van der Waals surface area contributed by atoms with Gasteiger partial charge in [-0.15, -0.1) is 0 Å².